The summed E-state index contributed by atoms with van der Waals surface area (Å²) >= 11 is 6.14. The van der Waals surface area contributed by atoms with Crippen LogP contribution in [0.4, 0.5) is 5.69 Å². The molecule has 4 rings (SSSR count). The number of amides is 1. The first kappa shape index (κ1) is 24.9. The molecule has 0 aromatic heterocycles. The maximum absolute atomic E-state index is 13.3. The van der Waals surface area contributed by atoms with Crippen LogP contribution >= 0.6 is 11.6 Å². The van der Waals surface area contributed by atoms with E-state index >= 15 is 0 Å². The Bertz CT molecular complexity index is 1290. The lowest BCUT2D eigenvalue weighted by Crippen LogP contribution is -2.32. The molecule has 9 heteroatoms. The van der Waals surface area contributed by atoms with Crippen LogP contribution in [0.3, 0.4) is 0 Å². The molecule has 0 saturated carbocycles. The van der Waals surface area contributed by atoms with Crippen molar-refractivity contribution < 1.29 is 22.7 Å². The molecule has 0 radical (unpaired) electrons. The fourth-order valence-electron chi connectivity index (χ4n) is 3.96. The van der Waals surface area contributed by atoms with Crippen LogP contribution in [0, 0.1) is 0 Å². The van der Waals surface area contributed by atoms with Crippen molar-refractivity contribution in [2.45, 2.75) is 30.6 Å². The highest BCUT2D eigenvalue weighted by atomic mass is 35.5. The van der Waals surface area contributed by atoms with E-state index < -0.39 is 10.0 Å². The summed E-state index contributed by atoms with van der Waals surface area (Å²) in [5, 5.41) is 0.342. The van der Waals surface area contributed by atoms with Gasteiger partial charge < -0.3 is 14.4 Å². The monoisotopic (exact) mass is 514 g/mol. The third-order valence-corrected chi connectivity index (χ3v) is 7.36. The molecule has 0 spiro atoms. The van der Waals surface area contributed by atoms with Crippen LogP contribution < -0.4 is 14.2 Å². The number of nitrogens with zero attached hydrogens (tertiary/aromatic N) is 1. The highest BCUT2D eigenvalue weighted by Gasteiger charge is 2.25. The number of anilines is 1. The molecule has 1 saturated heterocycles. The quantitative estimate of drug-likeness (QED) is 0.420. The third-order valence-electron chi connectivity index (χ3n) is 5.76. The Morgan fingerprint density at radius 1 is 0.914 bits per heavy atom. The zero-order chi connectivity index (χ0) is 24.8. The van der Waals surface area contributed by atoms with Gasteiger partial charge in [0, 0.05) is 18.1 Å². The van der Waals surface area contributed by atoms with Crippen molar-refractivity contribution in [2.75, 3.05) is 24.9 Å². The maximum atomic E-state index is 13.3. The lowest BCUT2D eigenvalue weighted by molar-refractivity contribution is 0.0758. The second kappa shape index (κ2) is 11.0. The van der Waals surface area contributed by atoms with Crippen LogP contribution in [0.2, 0.25) is 5.02 Å². The normalized spacial score (nSPS) is 14.2. The first-order chi connectivity index (χ1) is 16.9. The average molecular weight is 515 g/mol. The van der Waals surface area contributed by atoms with Gasteiger partial charge in [0.15, 0.2) is 5.75 Å². The van der Waals surface area contributed by atoms with E-state index in [2.05, 4.69) is 4.72 Å². The molecule has 35 heavy (non-hydrogen) atoms. The van der Waals surface area contributed by atoms with E-state index in [4.69, 9.17) is 21.1 Å². The van der Waals surface area contributed by atoms with E-state index in [0.717, 1.165) is 25.7 Å². The molecule has 0 atom stereocenters. The van der Waals surface area contributed by atoms with Crippen molar-refractivity contribution in [1.29, 1.82) is 0 Å². The molecular weight excluding hydrogens is 488 g/mol. The van der Waals surface area contributed by atoms with E-state index in [1.165, 1.54) is 31.4 Å². The summed E-state index contributed by atoms with van der Waals surface area (Å²) in [5.74, 6) is 0.925. The minimum atomic E-state index is -4.08. The molecule has 1 aliphatic heterocycles. The maximum Gasteiger partial charge on any atom is 0.262 e. The Hall–Kier alpha value is -3.23. The highest BCUT2D eigenvalue weighted by Crippen LogP contribution is 2.34. The number of ether oxygens (including phenoxy) is 2. The van der Waals surface area contributed by atoms with Crippen LogP contribution in [0.15, 0.2) is 71.6 Å². The van der Waals surface area contributed by atoms with E-state index in [0.29, 0.717) is 35.4 Å². The van der Waals surface area contributed by atoms with Crippen LogP contribution in [0.1, 0.15) is 36.0 Å². The number of halogens is 1. The molecule has 1 N–H and O–H groups in total. The molecule has 0 bridgehead atoms. The molecule has 1 aliphatic rings. The first-order valence-electron chi connectivity index (χ1n) is 11.4. The minimum Gasteiger partial charge on any atom is -0.496 e. The molecule has 1 fully saturated rings. The predicted molar refractivity (Wildman–Crippen MR) is 136 cm³/mol. The summed E-state index contributed by atoms with van der Waals surface area (Å²) < 4.78 is 40.5. The van der Waals surface area contributed by atoms with Crippen LogP contribution in [-0.4, -0.2) is 39.4 Å². The number of likely N-dealkylation sites (tertiary alicyclic amines) is 1. The van der Waals surface area contributed by atoms with E-state index in [1.54, 1.807) is 29.2 Å². The van der Waals surface area contributed by atoms with Gasteiger partial charge in [0.2, 0.25) is 0 Å². The molecule has 0 aliphatic carbocycles. The van der Waals surface area contributed by atoms with Crippen molar-refractivity contribution in [3.05, 3.63) is 77.3 Å². The topological polar surface area (TPSA) is 84.9 Å². The average Bonchev–Trinajstić information content (AvgIpc) is 3.15. The second-order valence-electron chi connectivity index (χ2n) is 8.23. The van der Waals surface area contributed by atoms with Gasteiger partial charge in [-0.05, 0) is 61.4 Å². The van der Waals surface area contributed by atoms with E-state index in [1.807, 2.05) is 18.2 Å². The van der Waals surface area contributed by atoms with Crippen LogP contribution in [0.25, 0.3) is 0 Å². The number of hydrogen-bond acceptors (Lipinski definition) is 5. The fourth-order valence-corrected chi connectivity index (χ4v) is 5.21. The van der Waals surface area contributed by atoms with Gasteiger partial charge in [0.05, 0.1) is 23.3 Å². The predicted octanol–water partition coefficient (Wildman–Crippen LogP) is 5.96. The Morgan fingerprint density at radius 3 is 2.29 bits per heavy atom. The Labute approximate surface area is 210 Å². The minimum absolute atomic E-state index is 0.0675. The van der Waals surface area contributed by atoms with Gasteiger partial charge in [-0.15, -0.1) is 0 Å². The van der Waals surface area contributed by atoms with Gasteiger partial charge >= 0.3 is 0 Å². The van der Waals surface area contributed by atoms with Crippen LogP contribution in [0.5, 0.6) is 17.2 Å². The Morgan fingerprint density at radius 2 is 1.60 bits per heavy atom. The molecule has 184 valence electrons. The summed E-state index contributed by atoms with van der Waals surface area (Å²) in [6.45, 7) is 1.28. The first-order valence-corrected chi connectivity index (χ1v) is 13.3. The molecular formula is C26H27ClN2O5S. The number of rotatable bonds is 7. The SMILES string of the molecule is COc1ccc(S(=O)(=O)Nc2cc(Cl)ccc2Oc2ccccc2)cc1C(=O)N1CCCCCC1. The summed E-state index contributed by atoms with van der Waals surface area (Å²) in [7, 11) is -2.62. The van der Waals surface area contributed by atoms with Crippen molar-refractivity contribution in [3.8, 4) is 17.2 Å². The molecule has 1 amide bonds. The lowest BCUT2D eigenvalue weighted by atomic mass is 10.1. The zero-order valence-electron chi connectivity index (χ0n) is 19.4. The lowest BCUT2D eigenvalue weighted by Gasteiger charge is -2.22. The number of carbonyl (C=O) groups excluding carboxylic acids is 1. The Kier molecular flexibility index (Phi) is 7.83. The summed E-state index contributed by atoms with van der Waals surface area (Å²) in [4.78, 5) is 15.0. The van der Waals surface area contributed by atoms with Crippen molar-refractivity contribution >= 4 is 33.2 Å². The van der Waals surface area contributed by atoms with Crippen molar-refractivity contribution in [2.24, 2.45) is 0 Å². The molecule has 0 unspecified atom stereocenters. The second-order valence-corrected chi connectivity index (χ2v) is 10.3. The number of sulfonamides is 1. The number of carbonyl (C=O) groups is 1. The number of methoxy groups -OCH3 is 1. The van der Waals surface area contributed by atoms with Crippen molar-refractivity contribution in [1.82, 2.24) is 4.90 Å². The van der Waals surface area contributed by atoms with Crippen molar-refractivity contribution in [3.63, 3.8) is 0 Å². The molecule has 1 heterocycles. The van der Waals surface area contributed by atoms with E-state index in [9.17, 15) is 13.2 Å². The number of benzene rings is 3. The fraction of sp³-hybridized carbons (Fsp3) is 0.269. The molecule has 7 nitrogen and oxygen atoms in total. The van der Waals surface area contributed by atoms with Gasteiger partial charge in [-0.25, -0.2) is 8.42 Å². The molecule has 3 aromatic rings. The zero-order valence-corrected chi connectivity index (χ0v) is 20.9. The van der Waals surface area contributed by atoms with Gasteiger partial charge in [0.25, 0.3) is 15.9 Å². The third kappa shape index (κ3) is 6.07. The largest absolute Gasteiger partial charge is 0.496 e. The molecule has 3 aromatic carbocycles. The van der Waals surface area contributed by atoms with Gasteiger partial charge in [-0.2, -0.15) is 0 Å². The van der Waals surface area contributed by atoms with E-state index in [-0.39, 0.29) is 22.1 Å². The number of para-hydroxylation sites is 1. The summed E-state index contributed by atoms with van der Waals surface area (Å²) in [5.41, 5.74) is 0.390. The van der Waals surface area contributed by atoms with Gasteiger partial charge in [-0.1, -0.05) is 42.6 Å². The van der Waals surface area contributed by atoms with Gasteiger partial charge in [0.1, 0.15) is 11.5 Å². The smallest absolute Gasteiger partial charge is 0.262 e. The van der Waals surface area contributed by atoms with Gasteiger partial charge in [-0.3, -0.25) is 9.52 Å². The number of hydrogen-bond donors (Lipinski definition) is 1. The van der Waals surface area contributed by atoms with Crippen LogP contribution in [-0.2, 0) is 10.0 Å². The standard InChI is InChI=1S/C26H27ClN2O5S/c1-33-24-14-12-21(18-22(24)26(30)29-15-7-2-3-8-16-29)35(31,32)28-23-17-19(27)11-13-25(23)34-20-9-5-4-6-10-20/h4-6,9-14,17-18,28H,2-3,7-8,15-16H2,1H3. The highest BCUT2D eigenvalue weighted by molar-refractivity contribution is 7.92. The summed E-state index contributed by atoms with van der Waals surface area (Å²) in [6, 6.07) is 18.0. The summed E-state index contributed by atoms with van der Waals surface area (Å²) in [6.07, 6.45) is 4.00. The Balaban J connectivity index is 1.65. The number of nitrogens with one attached hydrogen (secondary N) is 1.